The van der Waals surface area contributed by atoms with Crippen molar-refractivity contribution in [2.45, 2.75) is 322 Å². The lowest BCUT2D eigenvalue weighted by Crippen LogP contribution is -2.30. The van der Waals surface area contributed by atoms with E-state index in [1.165, 1.54) is 154 Å². The first kappa shape index (κ1) is 76.8. The Kier molecular flexibility index (Phi) is 64.8. The Hall–Kier alpha value is -4.19. The molecule has 0 radical (unpaired) electrons. The van der Waals surface area contributed by atoms with Crippen molar-refractivity contribution >= 4 is 17.9 Å². The maximum Gasteiger partial charge on any atom is 0.306 e. The van der Waals surface area contributed by atoms with Crippen LogP contribution in [0, 0.1) is 0 Å². The number of ether oxygens (including phenoxy) is 3. The number of hydrogen-bond donors (Lipinski definition) is 0. The summed E-state index contributed by atoms with van der Waals surface area (Å²) in [6.07, 6.45) is 94.9. The summed E-state index contributed by atoms with van der Waals surface area (Å²) < 4.78 is 16.9. The summed E-state index contributed by atoms with van der Waals surface area (Å²) in [5.74, 6) is -0.896. The van der Waals surface area contributed by atoms with Crippen molar-refractivity contribution in [3.05, 3.63) is 122 Å². The molecular formula is C75H126O6. The van der Waals surface area contributed by atoms with E-state index in [0.29, 0.717) is 19.3 Å². The number of allylic oxidation sites excluding steroid dienone is 20. The fourth-order valence-corrected chi connectivity index (χ4v) is 9.33. The van der Waals surface area contributed by atoms with Crippen LogP contribution in [-0.4, -0.2) is 37.2 Å². The minimum absolute atomic E-state index is 0.0861. The lowest BCUT2D eigenvalue weighted by molar-refractivity contribution is -0.167. The van der Waals surface area contributed by atoms with Gasteiger partial charge >= 0.3 is 17.9 Å². The van der Waals surface area contributed by atoms with Gasteiger partial charge in [0.05, 0.1) is 0 Å². The predicted octanol–water partition coefficient (Wildman–Crippen LogP) is 23.6. The van der Waals surface area contributed by atoms with Crippen molar-refractivity contribution in [1.82, 2.24) is 0 Å². The largest absolute Gasteiger partial charge is 0.462 e. The molecule has 6 heteroatoms. The van der Waals surface area contributed by atoms with E-state index in [2.05, 4.69) is 142 Å². The van der Waals surface area contributed by atoms with Crippen LogP contribution in [0.25, 0.3) is 0 Å². The molecule has 0 aliphatic carbocycles. The Balaban J connectivity index is 4.30. The second-order valence-corrected chi connectivity index (χ2v) is 22.3. The Bertz CT molecular complexity index is 1670. The first-order chi connectivity index (χ1) is 40.0. The maximum absolute atomic E-state index is 12.9. The van der Waals surface area contributed by atoms with Gasteiger partial charge in [0.1, 0.15) is 13.2 Å². The number of unbranched alkanes of at least 4 members (excludes halogenated alkanes) is 30. The topological polar surface area (TPSA) is 78.9 Å². The zero-order chi connectivity index (χ0) is 58.5. The van der Waals surface area contributed by atoms with E-state index in [-0.39, 0.29) is 31.1 Å². The molecule has 0 aromatic carbocycles. The third-order valence-corrected chi connectivity index (χ3v) is 14.4. The van der Waals surface area contributed by atoms with Gasteiger partial charge in [-0.1, -0.05) is 284 Å². The first-order valence-electron chi connectivity index (χ1n) is 34.0. The lowest BCUT2D eigenvalue weighted by atomic mass is 10.1. The van der Waals surface area contributed by atoms with E-state index in [4.69, 9.17) is 14.2 Å². The molecule has 0 aromatic rings. The van der Waals surface area contributed by atoms with Crippen LogP contribution >= 0.6 is 0 Å². The van der Waals surface area contributed by atoms with Gasteiger partial charge in [-0.3, -0.25) is 14.4 Å². The molecule has 0 spiro atoms. The summed E-state index contributed by atoms with van der Waals surface area (Å²) in [7, 11) is 0. The van der Waals surface area contributed by atoms with E-state index in [0.717, 1.165) is 122 Å². The second kappa shape index (κ2) is 68.3. The van der Waals surface area contributed by atoms with Crippen molar-refractivity contribution in [2.75, 3.05) is 13.2 Å². The van der Waals surface area contributed by atoms with Gasteiger partial charge in [0, 0.05) is 19.3 Å². The quantitative estimate of drug-likeness (QED) is 0.0261. The number of hydrogen-bond acceptors (Lipinski definition) is 6. The first-order valence-corrected chi connectivity index (χ1v) is 34.0. The average molecular weight is 1120 g/mol. The zero-order valence-electron chi connectivity index (χ0n) is 53.0. The SMILES string of the molecule is CC/C=C\C/C=C\C/C=C\C/C=C\C/C=C\C/C=C\C/C=C\CCCCCCCCCCCC(=O)OCC(COC(=O)CCCCCCC/C=C\CCCCCC)OC(=O)CCCCCCCCCCC/C=C\C/C=C\CCCCC. The Labute approximate surface area is 501 Å². The van der Waals surface area contributed by atoms with Crippen molar-refractivity contribution in [2.24, 2.45) is 0 Å². The highest BCUT2D eigenvalue weighted by molar-refractivity contribution is 5.71. The van der Waals surface area contributed by atoms with Crippen LogP contribution in [0.4, 0.5) is 0 Å². The summed E-state index contributed by atoms with van der Waals surface area (Å²) in [4.78, 5) is 38.4. The van der Waals surface area contributed by atoms with Crippen LogP contribution in [0.5, 0.6) is 0 Å². The monoisotopic (exact) mass is 1120 g/mol. The number of esters is 3. The van der Waals surface area contributed by atoms with Crippen molar-refractivity contribution < 1.29 is 28.6 Å². The molecule has 0 N–H and O–H groups in total. The van der Waals surface area contributed by atoms with Gasteiger partial charge in [-0.05, 0) is 135 Å². The van der Waals surface area contributed by atoms with E-state index >= 15 is 0 Å². The fraction of sp³-hybridized carbons (Fsp3) is 0.693. The van der Waals surface area contributed by atoms with Crippen molar-refractivity contribution in [3.63, 3.8) is 0 Å². The minimum atomic E-state index is -0.790. The van der Waals surface area contributed by atoms with Crippen molar-refractivity contribution in [1.29, 1.82) is 0 Å². The number of carbonyl (C=O) groups excluding carboxylic acids is 3. The van der Waals surface area contributed by atoms with E-state index in [1.54, 1.807) is 0 Å². The summed E-state index contributed by atoms with van der Waals surface area (Å²) in [5, 5.41) is 0. The fourth-order valence-electron chi connectivity index (χ4n) is 9.33. The molecule has 0 aliphatic rings. The summed E-state index contributed by atoms with van der Waals surface area (Å²) in [6, 6.07) is 0. The molecule has 0 saturated carbocycles. The van der Waals surface area contributed by atoms with Gasteiger partial charge in [0.25, 0.3) is 0 Å². The molecular weight excluding hydrogens is 997 g/mol. The van der Waals surface area contributed by atoms with Gasteiger partial charge in [-0.2, -0.15) is 0 Å². The van der Waals surface area contributed by atoms with Gasteiger partial charge in [0.2, 0.25) is 0 Å². The molecule has 0 heterocycles. The standard InChI is InChI=1S/C75H126O6/c1-4-7-10-13-16-19-22-25-27-29-31-32-33-34-35-36-37-38-39-40-41-42-44-45-47-50-53-56-59-62-65-68-74(77)80-71-72(70-79-73(76)67-64-61-58-55-52-49-24-21-18-15-12-9-6-3)81-75(78)69-66-63-60-57-54-51-48-46-43-30-28-26-23-20-17-14-11-8-5-2/h7,10,16-17,19-21,24-28,31-32,34-35,37-38,40-41,72H,4-6,8-9,11-15,18,22-23,29-30,33,36,39,42-71H2,1-3H3/b10-7-,19-16-,20-17-,24-21-,27-25-,28-26-,32-31-,35-34-,38-37-,41-40-. The Morgan fingerprint density at radius 3 is 0.790 bits per heavy atom. The second-order valence-electron chi connectivity index (χ2n) is 22.3. The molecule has 81 heavy (non-hydrogen) atoms. The lowest BCUT2D eigenvalue weighted by Gasteiger charge is -2.18. The van der Waals surface area contributed by atoms with Crippen LogP contribution < -0.4 is 0 Å². The molecule has 0 amide bonds. The van der Waals surface area contributed by atoms with Crippen LogP contribution in [-0.2, 0) is 28.6 Å². The normalized spacial score (nSPS) is 12.9. The highest BCUT2D eigenvalue weighted by atomic mass is 16.6. The highest BCUT2D eigenvalue weighted by Crippen LogP contribution is 2.16. The van der Waals surface area contributed by atoms with Gasteiger partial charge in [-0.25, -0.2) is 0 Å². The molecule has 0 aliphatic heterocycles. The predicted molar refractivity (Wildman–Crippen MR) is 353 cm³/mol. The smallest absolute Gasteiger partial charge is 0.306 e. The highest BCUT2D eigenvalue weighted by Gasteiger charge is 2.19. The van der Waals surface area contributed by atoms with Crippen molar-refractivity contribution in [3.8, 4) is 0 Å². The molecule has 0 rings (SSSR count). The minimum Gasteiger partial charge on any atom is -0.462 e. The molecule has 1 atom stereocenters. The van der Waals surface area contributed by atoms with E-state index in [1.807, 2.05) is 0 Å². The molecule has 462 valence electrons. The molecule has 0 bridgehead atoms. The molecule has 6 nitrogen and oxygen atoms in total. The molecule has 0 saturated heterocycles. The number of carbonyl (C=O) groups is 3. The van der Waals surface area contributed by atoms with Crippen LogP contribution in [0.15, 0.2) is 122 Å². The van der Waals surface area contributed by atoms with Gasteiger partial charge in [-0.15, -0.1) is 0 Å². The maximum atomic E-state index is 12.9. The van der Waals surface area contributed by atoms with Gasteiger partial charge < -0.3 is 14.2 Å². The molecule has 0 fully saturated rings. The Morgan fingerprint density at radius 1 is 0.259 bits per heavy atom. The molecule has 0 aromatic heterocycles. The zero-order valence-corrected chi connectivity index (χ0v) is 53.0. The van der Waals surface area contributed by atoms with Crippen LogP contribution in [0.2, 0.25) is 0 Å². The van der Waals surface area contributed by atoms with E-state index < -0.39 is 6.10 Å². The molecule has 1 unspecified atom stereocenters. The van der Waals surface area contributed by atoms with Crippen LogP contribution in [0.3, 0.4) is 0 Å². The third kappa shape index (κ3) is 66.5. The van der Waals surface area contributed by atoms with E-state index in [9.17, 15) is 14.4 Å². The summed E-state index contributed by atoms with van der Waals surface area (Å²) >= 11 is 0. The third-order valence-electron chi connectivity index (χ3n) is 14.4. The average Bonchev–Trinajstić information content (AvgIpc) is 3.46. The van der Waals surface area contributed by atoms with Gasteiger partial charge in [0.15, 0.2) is 6.10 Å². The number of rotatable bonds is 61. The Morgan fingerprint density at radius 2 is 0.481 bits per heavy atom. The van der Waals surface area contributed by atoms with Crippen LogP contribution in [0.1, 0.15) is 316 Å². The summed E-state index contributed by atoms with van der Waals surface area (Å²) in [6.45, 7) is 6.49. The summed E-state index contributed by atoms with van der Waals surface area (Å²) in [5.41, 5.74) is 0.